The predicted octanol–water partition coefficient (Wildman–Crippen LogP) is 1.49. The van der Waals surface area contributed by atoms with Gasteiger partial charge in [-0.1, -0.05) is 12.1 Å². The van der Waals surface area contributed by atoms with Gasteiger partial charge in [-0.25, -0.2) is 0 Å². The zero-order valence-electron chi connectivity index (χ0n) is 9.61. The van der Waals surface area contributed by atoms with Gasteiger partial charge in [-0.15, -0.1) is 10.2 Å². The molecule has 0 aliphatic carbocycles. The lowest BCUT2D eigenvalue weighted by Gasteiger charge is -2.05. The summed E-state index contributed by atoms with van der Waals surface area (Å²) in [5.74, 6) is 2.17. The molecule has 0 unspecified atom stereocenters. The van der Waals surface area contributed by atoms with E-state index < -0.39 is 0 Å². The fourth-order valence-corrected chi connectivity index (χ4v) is 2.80. The number of benzene rings is 1. The summed E-state index contributed by atoms with van der Waals surface area (Å²) in [5, 5.41) is 12.0. The van der Waals surface area contributed by atoms with Crippen molar-refractivity contribution in [3.05, 3.63) is 35.2 Å². The SMILES string of the molecule is c1cc2c(cc1-c1nnc3n1CCC3)CNC2. The van der Waals surface area contributed by atoms with Crippen LogP contribution in [0.2, 0.25) is 0 Å². The molecule has 0 saturated heterocycles. The minimum absolute atomic E-state index is 0.976. The first-order valence-corrected chi connectivity index (χ1v) is 6.17. The monoisotopic (exact) mass is 226 g/mol. The predicted molar refractivity (Wildman–Crippen MR) is 64.3 cm³/mol. The molecule has 0 amide bonds. The van der Waals surface area contributed by atoms with Crippen LogP contribution in [-0.2, 0) is 26.1 Å². The Morgan fingerprint density at radius 2 is 2.06 bits per heavy atom. The maximum atomic E-state index is 4.33. The second-order valence-electron chi connectivity index (χ2n) is 4.78. The van der Waals surface area contributed by atoms with Crippen molar-refractivity contribution in [2.24, 2.45) is 0 Å². The first-order chi connectivity index (χ1) is 8.42. The molecule has 2 aliphatic rings. The molecule has 3 heterocycles. The molecule has 0 saturated carbocycles. The van der Waals surface area contributed by atoms with Crippen molar-refractivity contribution in [1.82, 2.24) is 20.1 Å². The van der Waals surface area contributed by atoms with E-state index >= 15 is 0 Å². The van der Waals surface area contributed by atoms with Gasteiger partial charge in [-0.3, -0.25) is 0 Å². The molecule has 1 aromatic heterocycles. The van der Waals surface area contributed by atoms with Crippen molar-refractivity contribution in [2.75, 3.05) is 0 Å². The summed E-state index contributed by atoms with van der Waals surface area (Å²) in [7, 11) is 0. The van der Waals surface area contributed by atoms with Gasteiger partial charge in [0.15, 0.2) is 5.82 Å². The van der Waals surface area contributed by atoms with E-state index in [9.17, 15) is 0 Å². The number of rotatable bonds is 1. The number of aromatic nitrogens is 3. The first-order valence-electron chi connectivity index (χ1n) is 6.17. The van der Waals surface area contributed by atoms with E-state index in [0.717, 1.165) is 37.7 Å². The average Bonchev–Trinajstić information content (AvgIpc) is 3.03. The van der Waals surface area contributed by atoms with E-state index in [2.05, 4.69) is 38.3 Å². The van der Waals surface area contributed by atoms with Crippen LogP contribution in [0.4, 0.5) is 0 Å². The fraction of sp³-hybridized carbons (Fsp3) is 0.385. The lowest BCUT2D eigenvalue weighted by Crippen LogP contribution is -2.00. The van der Waals surface area contributed by atoms with Gasteiger partial charge in [-0.05, 0) is 23.6 Å². The van der Waals surface area contributed by atoms with E-state index in [-0.39, 0.29) is 0 Å². The topological polar surface area (TPSA) is 42.7 Å². The Bertz CT molecular complexity index is 585. The third-order valence-corrected chi connectivity index (χ3v) is 3.70. The molecule has 0 bridgehead atoms. The Labute approximate surface area is 99.7 Å². The van der Waals surface area contributed by atoms with Crippen LogP contribution in [0.3, 0.4) is 0 Å². The van der Waals surface area contributed by atoms with Gasteiger partial charge >= 0.3 is 0 Å². The summed E-state index contributed by atoms with van der Waals surface area (Å²) in [6, 6.07) is 6.63. The highest BCUT2D eigenvalue weighted by Crippen LogP contribution is 2.26. The maximum absolute atomic E-state index is 4.33. The Morgan fingerprint density at radius 3 is 3.06 bits per heavy atom. The summed E-state index contributed by atoms with van der Waals surface area (Å²) in [4.78, 5) is 0. The number of hydrogen-bond donors (Lipinski definition) is 1. The molecule has 0 fully saturated rings. The first kappa shape index (κ1) is 9.36. The summed E-state index contributed by atoms with van der Waals surface area (Å²) in [6.07, 6.45) is 2.27. The summed E-state index contributed by atoms with van der Waals surface area (Å²) >= 11 is 0. The number of nitrogens with one attached hydrogen (secondary N) is 1. The molecule has 0 radical (unpaired) electrons. The van der Waals surface area contributed by atoms with E-state index in [0.29, 0.717) is 0 Å². The van der Waals surface area contributed by atoms with Crippen LogP contribution in [0.5, 0.6) is 0 Å². The molecule has 86 valence electrons. The third-order valence-electron chi connectivity index (χ3n) is 3.70. The Morgan fingerprint density at radius 1 is 1.12 bits per heavy atom. The van der Waals surface area contributed by atoms with Gasteiger partial charge in [0.1, 0.15) is 5.82 Å². The second-order valence-corrected chi connectivity index (χ2v) is 4.78. The number of fused-ring (bicyclic) bond motifs is 2. The number of nitrogens with zero attached hydrogens (tertiary/aromatic N) is 3. The van der Waals surface area contributed by atoms with Crippen molar-refractivity contribution in [1.29, 1.82) is 0 Å². The third kappa shape index (κ3) is 1.34. The van der Waals surface area contributed by atoms with Crippen LogP contribution < -0.4 is 5.32 Å². The summed E-state index contributed by atoms with van der Waals surface area (Å²) in [5.41, 5.74) is 4.01. The molecule has 0 atom stereocenters. The van der Waals surface area contributed by atoms with Gasteiger partial charge in [0.2, 0.25) is 0 Å². The zero-order chi connectivity index (χ0) is 11.2. The zero-order valence-corrected chi connectivity index (χ0v) is 9.61. The van der Waals surface area contributed by atoms with E-state index in [1.807, 2.05) is 0 Å². The van der Waals surface area contributed by atoms with Gasteiger partial charge < -0.3 is 9.88 Å². The van der Waals surface area contributed by atoms with Crippen LogP contribution >= 0.6 is 0 Å². The molecular weight excluding hydrogens is 212 g/mol. The molecule has 2 aliphatic heterocycles. The van der Waals surface area contributed by atoms with Gasteiger partial charge in [0.25, 0.3) is 0 Å². The lowest BCUT2D eigenvalue weighted by atomic mass is 10.1. The standard InChI is InChI=1S/C13H14N4/c1-2-12-15-16-13(17(12)5-1)9-3-4-10-7-14-8-11(10)6-9/h3-4,6,14H,1-2,5,7-8H2. The average molecular weight is 226 g/mol. The normalized spacial score (nSPS) is 17.2. The van der Waals surface area contributed by atoms with Crippen molar-refractivity contribution in [3.63, 3.8) is 0 Å². The molecule has 4 heteroatoms. The molecule has 4 rings (SSSR count). The molecule has 4 nitrogen and oxygen atoms in total. The van der Waals surface area contributed by atoms with E-state index in [4.69, 9.17) is 0 Å². The van der Waals surface area contributed by atoms with Crippen molar-refractivity contribution >= 4 is 0 Å². The minimum Gasteiger partial charge on any atom is -0.311 e. The van der Waals surface area contributed by atoms with Crippen LogP contribution in [0.1, 0.15) is 23.4 Å². The van der Waals surface area contributed by atoms with Gasteiger partial charge in [-0.2, -0.15) is 0 Å². The minimum atomic E-state index is 0.976. The lowest BCUT2D eigenvalue weighted by molar-refractivity contribution is 0.748. The quantitative estimate of drug-likeness (QED) is 0.801. The molecule has 17 heavy (non-hydrogen) atoms. The number of hydrogen-bond acceptors (Lipinski definition) is 3. The van der Waals surface area contributed by atoms with Crippen LogP contribution in [0, 0.1) is 0 Å². The van der Waals surface area contributed by atoms with Crippen LogP contribution in [-0.4, -0.2) is 14.8 Å². The highest BCUT2D eigenvalue weighted by atomic mass is 15.3. The molecule has 2 aromatic rings. The summed E-state index contributed by atoms with van der Waals surface area (Å²) < 4.78 is 2.25. The summed E-state index contributed by atoms with van der Waals surface area (Å²) in [6.45, 7) is 3.03. The number of aryl methyl sites for hydroxylation is 1. The molecule has 0 spiro atoms. The van der Waals surface area contributed by atoms with Crippen molar-refractivity contribution in [2.45, 2.75) is 32.5 Å². The van der Waals surface area contributed by atoms with Gasteiger partial charge in [0.05, 0.1) is 0 Å². The smallest absolute Gasteiger partial charge is 0.163 e. The molecule has 1 N–H and O–H groups in total. The fourth-order valence-electron chi connectivity index (χ4n) is 2.80. The Hall–Kier alpha value is -1.68. The van der Waals surface area contributed by atoms with Gasteiger partial charge in [0, 0.05) is 31.6 Å². The molecular formula is C13H14N4. The Balaban J connectivity index is 1.84. The van der Waals surface area contributed by atoms with Crippen LogP contribution in [0.25, 0.3) is 11.4 Å². The maximum Gasteiger partial charge on any atom is 0.163 e. The van der Waals surface area contributed by atoms with E-state index in [1.54, 1.807) is 0 Å². The molecule has 1 aromatic carbocycles. The highest BCUT2D eigenvalue weighted by Gasteiger charge is 2.19. The van der Waals surface area contributed by atoms with Crippen molar-refractivity contribution in [3.8, 4) is 11.4 Å². The van der Waals surface area contributed by atoms with Crippen molar-refractivity contribution < 1.29 is 0 Å². The highest BCUT2D eigenvalue weighted by molar-refractivity contribution is 5.58. The van der Waals surface area contributed by atoms with Crippen LogP contribution in [0.15, 0.2) is 18.2 Å². The Kier molecular flexibility index (Phi) is 1.87. The van der Waals surface area contributed by atoms with E-state index in [1.165, 1.54) is 23.1 Å². The largest absolute Gasteiger partial charge is 0.311 e. The second kappa shape index (κ2) is 3.40.